The third-order valence-corrected chi connectivity index (χ3v) is 4.99. The molecule has 3 aromatic rings. The summed E-state index contributed by atoms with van der Waals surface area (Å²) in [5.74, 6) is 1.22. The first-order valence-electron chi connectivity index (χ1n) is 9.68. The minimum Gasteiger partial charge on any atom is -0.454 e. The SMILES string of the molecule is Cc1ccc([C@H](N[C@H](C)C(=O)Nc2ccc3c(c2)OCO3)c2ccccc2)cc1. The number of benzene rings is 3. The summed E-state index contributed by atoms with van der Waals surface area (Å²) < 4.78 is 10.7. The van der Waals surface area contributed by atoms with Crippen LogP contribution in [0.3, 0.4) is 0 Å². The van der Waals surface area contributed by atoms with E-state index in [0.717, 1.165) is 11.1 Å². The molecule has 0 fully saturated rings. The lowest BCUT2D eigenvalue weighted by Crippen LogP contribution is -2.40. The van der Waals surface area contributed by atoms with Gasteiger partial charge in [-0.2, -0.15) is 0 Å². The summed E-state index contributed by atoms with van der Waals surface area (Å²) in [6, 6.07) is 23.4. The standard InChI is InChI=1S/C24H24N2O3/c1-16-8-10-19(11-9-16)23(18-6-4-3-5-7-18)25-17(2)24(27)26-20-12-13-21-22(14-20)29-15-28-21/h3-14,17,23,25H,15H2,1-2H3,(H,26,27)/t17-,23-/m1/s1. The Kier molecular flexibility index (Phi) is 5.49. The van der Waals surface area contributed by atoms with Gasteiger partial charge in [0.2, 0.25) is 12.7 Å². The smallest absolute Gasteiger partial charge is 0.241 e. The summed E-state index contributed by atoms with van der Waals surface area (Å²) in [6.07, 6.45) is 0. The van der Waals surface area contributed by atoms with E-state index in [1.165, 1.54) is 5.56 Å². The van der Waals surface area contributed by atoms with Crippen LogP contribution in [0.25, 0.3) is 0 Å². The number of carbonyl (C=O) groups is 1. The number of aryl methyl sites for hydroxylation is 1. The Morgan fingerprint density at radius 1 is 0.897 bits per heavy atom. The molecule has 5 heteroatoms. The van der Waals surface area contributed by atoms with Gasteiger partial charge in [-0.3, -0.25) is 10.1 Å². The highest BCUT2D eigenvalue weighted by molar-refractivity contribution is 5.95. The summed E-state index contributed by atoms with van der Waals surface area (Å²) in [5, 5.41) is 6.43. The Morgan fingerprint density at radius 3 is 2.34 bits per heavy atom. The number of ether oxygens (including phenoxy) is 2. The normalized spacial score (nSPS) is 14.3. The van der Waals surface area contributed by atoms with Gasteiger partial charge in [0.25, 0.3) is 0 Å². The molecule has 0 aromatic heterocycles. The maximum atomic E-state index is 12.8. The van der Waals surface area contributed by atoms with Gasteiger partial charge < -0.3 is 14.8 Å². The molecule has 0 saturated carbocycles. The van der Waals surface area contributed by atoms with Crippen molar-refractivity contribution in [2.75, 3.05) is 12.1 Å². The van der Waals surface area contributed by atoms with Crippen molar-refractivity contribution in [3.05, 3.63) is 89.5 Å². The van der Waals surface area contributed by atoms with Crippen LogP contribution in [0.5, 0.6) is 11.5 Å². The van der Waals surface area contributed by atoms with Crippen molar-refractivity contribution in [2.24, 2.45) is 0 Å². The number of nitrogens with one attached hydrogen (secondary N) is 2. The third kappa shape index (κ3) is 4.41. The number of hydrogen-bond donors (Lipinski definition) is 2. The lowest BCUT2D eigenvalue weighted by molar-refractivity contribution is -0.117. The molecule has 4 rings (SSSR count). The zero-order valence-corrected chi connectivity index (χ0v) is 16.5. The molecule has 5 nitrogen and oxygen atoms in total. The van der Waals surface area contributed by atoms with Crippen molar-refractivity contribution < 1.29 is 14.3 Å². The molecule has 0 unspecified atom stereocenters. The molecule has 1 aliphatic rings. The summed E-state index contributed by atoms with van der Waals surface area (Å²) in [6.45, 7) is 4.14. The second-order valence-corrected chi connectivity index (χ2v) is 7.20. The molecule has 0 bridgehead atoms. The number of hydrogen-bond acceptors (Lipinski definition) is 4. The van der Waals surface area contributed by atoms with Crippen molar-refractivity contribution in [3.63, 3.8) is 0 Å². The van der Waals surface area contributed by atoms with Crippen LogP contribution in [0.2, 0.25) is 0 Å². The van der Waals surface area contributed by atoms with Crippen LogP contribution in [-0.2, 0) is 4.79 Å². The maximum absolute atomic E-state index is 12.8. The maximum Gasteiger partial charge on any atom is 0.241 e. The molecule has 1 aliphatic heterocycles. The van der Waals surface area contributed by atoms with Gasteiger partial charge in [-0.25, -0.2) is 0 Å². The van der Waals surface area contributed by atoms with Crippen LogP contribution in [0, 0.1) is 6.92 Å². The van der Waals surface area contributed by atoms with Crippen molar-refractivity contribution >= 4 is 11.6 Å². The van der Waals surface area contributed by atoms with E-state index in [1.807, 2.05) is 31.2 Å². The molecule has 0 radical (unpaired) electrons. The summed E-state index contributed by atoms with van der Waals surface area (Å²) in [7, 11) is 0. The fourth-order valence-corrected chi connectivity index (χ4v) is 3.34. The molecule has 3 aromatic carbocycles. The Morgan fingerprint density at radius 2 is 1.59 bits per heavy atom. The number of amides is 1. The van der Waals surface area contributed by atoms with Crippen LogP contribution in [0.15, 0.2) is 72.8 Å². The quantitative estimate of drug-likeness (QED) is 0.656. The van der Waals surface area contributed by atoms with Crippen LogP contribution in [-0.4, -0.2) is 18.7 Å². The molecule has 0 saturated heterocycles. The van der Waals surface area contributed by atoms with Gasteiger partial charge in [-0.05, 0) is 37.1 Å². The van der Waals surface area contributed by atoms with Gasteiger partial charge in [-0.15, -0.1) is 0 Å². The highest BCUT2D eigenvalue weighted by Gasteiger charge is 2.21. The minimum absolute atomic E-state index is 0.0886. The minimum atomic E-state index is -0.410. The zero-order chi connectivity index (χ0) is 20.2. The summed E-state index contributed by atoms with van der Waals surface area (Å²) in [4.78, 5) is 12.8. The van der Waals surface area contributed by atoms with Crippen molar-refractivity contribution in [3.8, 4) is 11.5 Å². The average Bonchev–Trinajstić information content (AvgIpc) is 3.21. The highest BCUT2D eigenvalue weighted by atomic mass is 16.7. The second-order valence-electron chi connectivity index (χ2n) is 7.20. The van der Waals surface area contributed by atoms with E-state index < -0.39 is 6.04 Å². The van der Waals surface area contributed by atoms with Gasteiger partial charge in [0.1, 0.15) is 0 Å². The van der Waals surface area contributed by atoms with Gasteiger partial charge in [0.15, 0.2) is 11.5 Å². The van der Waals surface area contributed by atoms with E-state index in [1.54, 1.807) is 12.1 Å². The predicted octanol–water partition coefficient (Wildman–Crippen LogP) is 4.43. The average molecular weight is 388 g/mol. The monoisotopic (exact) mass is 388 g/mol. The Labute approximate surface area is 170 Å². The number of anilines is 1. The largest absolute Gasteiger partial charge is 0.454 e. The van der Waals surface area contributed by atoms with E-state index in [-0.39, 0.29) is 18.7 Å². The van der Waals surface area contributed by atoms with Crippen LogP contribution < -0.4 is 20.1 Å². The van der Waals surface area contributed by atoms with Gasteiger partial charge >= 0.3 is 0 Å². The summed E-state index contributed by atoms with van der Waals surface area (Å²) >= 11 is 0. The van der Waals surface area contributed by atoms with E-state index in [2.05, 4.69) is 54.0 Å². The number of rotatable bonds is 6. The molecule has 1 heterocycles. The van der Waals surface area contributed by atoms with Crippen LogP contribution >= 0.6 is 0 Å². The molecule has 2 N–H and O–H groups in total. The molecule has 29 heavy (non-hydrogen) atoms. The molecular formula is C24H24N2O3. The zero-order valence-electron chi connectivity index (χ0n) is 16.5. The fraction of sp³-hybridized carbons (Fsp3) is 0.208. The molecular weight excluding hydrogens is 364 g/mol. The Bertz CT molecular complexity index is 987. The lowest BCUT2D eigenvalue weighted by atomic mass is 9.97. The fourth-order valence-electron chi connectivity index (χ4n) is 3.34. The number of carbonyl (C=O) groups excluding carboxylic acids is 1. The lowest BCUT2D eigenvalue weighted by Gasteiger charge is -2.24. The van der Waals surface area contributed by atoms with E-state index >= 15 is 0 Å². The topological polar surface area (TPSA) is 59.6 Å². The summed E-state index contributed by atoms with van der Waals surface area (Å²) in [5.41, 5.74) is 4.11. The highest BCUT2D eigenvalue weighted by Crippen LogP contribution is 2.34. The van der Waals surface area contributed by atoms with Gasteiger partial charge in [-0.1, -0.05) is 60.2 Å². The second kappa shape index (κ2) is 8.37. The Hall–Kier alpha value is -3.31. The number of fused-ring (bicyclic) bond motifs is 1. The predicted molar refractivity (Wildman–Crippen MR) is 113 cm³/mol. The van der Waals surface area contributed by atoms with Gasteiger partial charge in [0.05, 0.1) is 12.1 Å². The van der Waals surface area contributed by atoms with Crippen LogP contribution in [0.1, 0.15) is 29.7 Å². The first-order chi connectivity index (χ1) is 14.1. The molecule has 2 atom stereocenters. The van der Waals surface area contributed by atoms with Crippen molar-refractivity contribution in [2.45, 2.75) is 25.9 Å². The molecule has 0 aliphatic carbocycles. The third-order valence-electron chi connectivity index (χ3n) is 4.99. The first-order valence-corrected chi connectivity index (χ1v) is 9.68. The van der Waals surface area contributed by atoms with Crippen molar-refractivity contribution in [1.82, 2.24) is 5.32 Å². The van der Waals surface area contributed by atoms with E-state index in [0.29, 0.717) is 17.2 Å². The van der Waals surface area contributed by atoms with Gasteiger partial charge in [0, 0.05) is 11.8 Å². The van der Waals surface area contributed by atoms with Crippen molar-refractivity contribution in [1.29, 1.82) is 0 Å². The molecule has 148 valence electrons. The van der Waals surface area contributed by atoms with E-state index in [9.17, 15) is 4.79 Å². The molecule has 0 spiro atoms. The van der Waals surface area contributed by atoms with Crippen LogP contribution in [0.4, 0.5) is 5.69 Å². The van der Waals surface area contributed by atoms with E-state index in [4.69, 9.17) is 9.47 Å². The molecule has 1 amide bonds. The Balaban J connectivity index is 1.50. The first kappa shape index (κ1) is 19.0.